The number of hydrogen-bond acceptors (Lipinski definition) is 6. The number of fused-ring (bicyclic) bond motifs is 1. The summed E-state index contributed by atoms with van der Waals surface area (Å²) in [6.45, 7) is 9.97. The van der Waals surface area contributed by atoms with E-state index in [4.69, 9.17) is 14.2 Å². The summed E-state index contributed by atoms with van der Waals surface area (Å²) in [6, 6.07) is 7.78. The van der Waals surface area contributed by atoms with Crippen molar-refractivity contribution in [3.05, 3.63) is 46.5 Å². The smallest absolute Gasteiger partial charge is 0.339 e. The lowest BCUT2D eigenvalue weighted by molar-refractivity contribution is -0.164. The Kier molecular flexibility index (Phi) is 7.10. The van der Waals surface area contributed by atoms with Crippen LogP contribution in [-0.4, -0.2) is 40.0 Å². The van der Waals surface area contributed by atoms with Crippen molar-refractivity contribution in [3.63, 3.8) is 0 Å². The number of esters is 1. The predicted octanol–water partition coefficient (Wildman–Crippen LogP) is 4.70. The number of sulfonamides is 1. The maximum atomic E-state index is 13.0. The monoisotopic (exact) mass is 475 g/mol. The van der Waals surface area contributed by atoms with Gasteiger partial charge in [-0.3, -0.25) is 4.72 Å². The summed E-state index contributed by atoms with van der Waals surface area (Å²) >= 11 is 0. The minimum Gasteiger partial charge on any atom is -0.493 e. The standard InChI is InChI=1S/C25H33NO6S/c1-15-13-19(26-33(7,28)29)16(2)22(23(24(27)30-6)32-25(3,4)5)21(15)18-10-11-20-17(14-18)9-8-12-31-20/h10-11,13-14,23,26H,8-9,12H2,1-7H3. The van der Waals surface area contributed by atoms with Crippen molar-refractivity contribution in [2.45, 2.75) is 59.2 Å². The van der Waals surface area contributed by atoms with Crippen LogP contribution in [0.4, 0.5) is 5.69 Å². The van der Waals surface area contributed by atoms with Gasteiger partial charge >= 0.3 is 5.97 Å². The van der Waals surface area contributed by atoms with Gasteiger partial charge in [0.15, 0.2) is 6.10 Å². The Balaban J connectivity index is 2.32. The molecule has 1 unspecified atom stereocenters. The van der Waals surface area contributed by atoms with Crippen molar-refractivity contribution in [2.75, 3.05) is 24.7 Å². The minimum absolute atomic E-state index is 0.404. The van der Waals surface area contributed by atoms with Gasteiger partial charge in [0, 0.05) is 5.56 Å². The average molecular weight is 476 g/mol. The molecule has 2 aromatic carbocycles. The number of hydrogen-bond donors (Lipinski definition) is 1. The van der Waals surface area contributed by atoms with Crippen molar-refractivity contribution in [1.82, 2.24) is 0 Å². The number of nitrogens with one attached hydrogen (secondary N) is 1. The molecule has 1 heterocycles. The van der Waals surface area contributed by atoms with E-state index in [9.17, 15) is 13.2 Å². The van der Waals surface area contributed by atoms with Crippen LogP contribution in [0.1, 0.15) is 55.5 Å². The third kappa shape index (κ3) is 5.86. The summed E-state index contributed by atoms with van der Waals surface area (Å²) in [7, 11) is -2.22. The highest BCUT2D eigenvalue weighted by atomic mass is 32.2. The van der Waals surface area contributed by atoms with Gasteiger partial charge in [-0.15, -0.1) is 0 Å². The number of rotatable bonds is 6. The first kappa shape index (κ1) is 25.1. The van der Waals surface area contributed by atoms with Crippen molar-refractivity contribution < 1.29 is 27.4 Å². The number of anilines is 1. The van der Waals surface area contributed by atoms with E-state index in [1.54, 1.807) is 13.0 Å². The minimum atomic E-state index is -3.53. The van der Waals surface area contributed by atoms with E-state index in [0.717, 1.165) is 47.1 Å². The van der Waals surface area contributed by atoms with Crippen LogP contribution in [-0.2, 0) is 30.7 Å². The van der Waals surface area contributed by atoms with E-state index in [-0.39, 0.29) is 0 Å². The van der Waals surface area contributed by atoms with Gasteiger partial charge in [0.25, 0.3) is 0 Å². The van der Waals surface area contributed by atoms with Crippen molar-refractivity contribution in [1.29, 1.82) is 0 Å². The Labute approximate surface area is 196 Å². The first-order valence-electron chi connectivity index (χ1n) is 10.9. The molecule has 2 aromatic rings. The van der Waals surface area contributed by atoms with Crippen molar-refractivity contribution in [2.24, 2.45) is 0 Å². The maximum Gasteiger partial charge on any atom is 0.339 e. The lowest BCUT2D eigenvalue weighted by atomic mass is 9.86. The van der Waals surface area contributed by atoms with Gasteiger partial charge in [-0.25, -0.2) is 13.2 Å². The first-order chi connectivity index (χ1) is 15.3. The molecular weight excluding hydrogens is 442 g/mol. The van der Waals surface area contributed by atoms with E-state index >= 15 is 0 Å². The number of methoxy groups -OCH3 is 1. The lowest BCUT2D eigenvalue weighted by Gasteiger charge is -2.30. The van der Waals surface area contributed by atoms with E-state index in [1.165, 1.54) is 7.11 Å². The zero-order chi connectivity index (χ0) is 24.6. The molecule has 1 atom stereocenters. The van der Waals surface area contributed by atoms with Crippen LogP contribution in [0.25, 0.3) is 11.1 Å². The molecule has 0 fully saturated rings. The van der Waals surface area contributed by atoms with Crippen LogP contribution in [0.2, 0.25) is 0 Å². The third-order valence-electron chi connectivity index (χ3n) is 5.47. The Morgan fingerprint density at radius 1 is 1.18 bits per heavy atom. The highest BCUT2D eigenvalue weighted by Crippen LogP contribution is 2.42. The van der Waals surface area contributed by atoms with Crippen molar-refractivity contribution >= 4 is 21.7 Å². The molecule has 0 saturated carbocycles. The van der Waals surface area contributed by atoms with Gasteiger partial charge in [0.2, 0.25) is 10.0 Å². The fourth-order valence-electron chi connectivity index (χ4n) is 4.16. The number of aryl methyl sites for hydroxylation is 2. The Hall–Kier alpha value is -2.58. The number of ether oxygens (including phenoxy) is 3. The Morgan fingerprint density at radius 2 is 1.88 bits per heavy atom. The molecule has 7 nitrogen and oxygen atoms in total. The molecule has 0 saturated heterocycles. The summed E-state index contributed by atoms with van der Waals surface area (Å²) in [4.78, 5) is 13.0. The fourth-order valence-corrected chi connectivity index (χ4v) is 4.77. The quantitative estimate of drug-likeness (QED) is 0.609. The summed E-state index contributed by atoms with van der Waals surface area (Å²) in [5.74, 6) is 0.318. The number of carbonyl (C=O) groups excluding carboxylic acids is 1. The summed E-state index contributed by atoms with van der Waals surface area (Å²) < 4.78 is 43.7. The summed E-state index contributed by atoms with van der Waals surface area (Å²) in [5, 5.41) is 0. The van der Waals surface area contributed by atoms with Gasteiger partial charge in [-0.05, 0) is 93.5 Å². The molecule has 1 aliphatic heterocycles. The zero-order valence-electron chi connectivity index (χ0n) is 20.4. The van der Waals surface area contributed by atoms with Gasteiger partial charge in [-0.1, -0.05) is 6.07 Å². The van der Waals surface area contributed by atoms with Crippen LogP contribution in [0.5, 0.6) is 5.75 Å². The number of carbonyl (C=O) groups is 1. The third-order valence-corrected chi connectivity index (χ3v) is 6.06. The molecule has 1 N–H and O–H groups in total. The molecule has 0 spiro atoms. The van der Waals surface area contributed by atoms with Crippen molar-refractivity contribution in [3.8, 4) is 16.9 Å². The highest BCUT2D eigenvalue weighted by Gasteiger charge is 2.33. The summed E-state index contributed by atoms with van der Waals surface area (Å²) in [6.07, 6.45) is 1.90. The van der Waals surface area contributed by atoms with E-state index < -0.39 is 27.7 Å². The van der Waals surface area contributed by atoms with Gasteiger partial charge < -0.3 is 14.2 Å². The van der Waals surface area contributed by atoms with Crippen LogP contribution >= 0.6 is 0 Å². The van der Waals surface area contributed by atoms with E-state index in [1.807, 2.05) is 39.8 Å². The Morgan fingerprint density at radius 3 is 2.48 bits per heavy atom. The highest BCUT2D eigenvalue weighted by molar-refractivity contribution is 7.92. The lowest BCUT2D eigenvalue weighted by Crippen LogP contribution is -2.29. The van der Waals surface area contributed by atoms with Crippen LogP contribution < -0.4 is 9.46 Å². The molecule has 1 aliphatic rings. The van der Waals surface area contributed by atoms with Crippen LogP contribution in [0.3, 0.4) is 0 Å². The summed E-state index contributed by atoms with van der Waals surface area (Å²) in [5.41, 5.74) is 4.58. The SMILES string of the molecule is COC(=O)C(OC(C)(C)C)c1c(C)c(NS(C)(=O)=O)cc(C)c1-c1ccc2c(c1)CCCO2. The normalized spacial score (nSPS) is 14.8. The fraction of sp³-hybridized carbons (Fsp3) is 0.480. The largest absolute Gasteiger partial charge is 0.493 e. The van der Waals surface area contributed by atoms with Gasteiger partial charge in [-0.2, -0.15) is 0 Å². The first-order valence-corrected chi connectivity index (χ1v) is 12.8. The Bertz CT molecular complexity index is 1160. The maximum absolute atomic E-state index is 13.0. The van der Waals surface area contributed by atoms with Crippen LogP contribution in [0, 0.1) is 13.8 Å². The molecule has 0 bridgehead atoms. The second-order valence-electron chi connectivity index (χ2n) is 9.44. The predicted molar refractivity (Wildman–Crippen MR) is 129 cm³/mol. The molecule has 0 aliphatic carbocycles. The molecule has 8 heteroatoms. The van der Waals surface area contributed by atoms with Gasteiger partial charge in [0.05, 0.1) is 31.3 Å². The molecular formula is C25H33NO6S. The second kappa shape index (κ2) is 9.35. The molecule has 0 radical (unpaired) electrons. The molecule has 33 heavy (non-hydrogen) atoms. The average Bonchev–Trinajstić information content (AvgIpc) is 2.71. The molecule has 0 amide bonds. The van der Waals surface area contributed by atoms with E-state index in [0.29, 0.717) is 23.4 Å². The molecule has 180 valence electrons. The second-order valence-corrected chi connectivity index (χ2v) is 11.2. The van der Waals surface area contributed by atoms with Crippen LogP contribution in [0.15, 0.2) is 24.3 Å². The van der Waals surface area contributed by atoms with Gasteiger partial charge in [0.1, 0.15) is 5.75 Å². The zero-order valence-corrected chi connectivity index (χ0v) is 21.2. The number of benzene rings is 2. The molecule has 3 rings (SSSR count). The van der Waals surface area contributed by atoms with E-state index in [2.05, 4.69) is 10.8 Å². The topological polar surface area (TPSA) is 90.9 Å². The molecule has 0 aromatic heterocycles.